The summed E-state index contributed by atoms with van der Waals surface area (Å²) in [6.07, 6.45) is 7.01. The number of pyridine rings is 2. The Balaban J connectivity index is 1.54. The lowest BCUT2D eigenvalue weighted by molar-refractivity contribution is 0.122. The second-order valence-electron chi connectivity index (χ2n) is 7.54. The predicted octanol–water partition coefficient (Wildman–Crippen LogP) is 2.50. The third kappa shape index (κ3) is 3.55. The maximum Gasteiger partial charge on any atom is 0.167 e. The maximum absolute atomic E-state index is 6.21. The van der Waals surface area contributed by atoms with E-state index in [1.165, 1.54) is 25.6 Å². The summed E-state index contributed by atoms with van der Waals surface area (Å²) in [5, 5.41) is 0.844. The fraction of sp³-hybridized carbons (Fsp3) is 0.429. The number of piperidine rings is 1. The van der Waals surface area contributed by atoms with Crippen molar-refractivity contribution in [1.82, 2.24) is 19.9 Å². The number of rotatable bonds is 3. The molecular formula is C21H25N7O. The van der Waals surface area contributed by atoms with Crippen LogP contribution in [0.25, 0.3) is 22.3 Å². The largest absolute Gasteiger partial charge is 0.383 e. The normalized spacial score (nSPS) is 17.7. The first kappa shape index (κ1) is 18.1. The van der Waals surface area contributed by atoms with Crippen LogP contribution in [-0.2, 0) is 4.74 Å². The predicted molar refractivity (Wildman–Crippen MR) is 114 cm³/mol. The maximum atomic E-state index is 6.21. The van der Waals surface area contributed by atoms with E-state index in [9.17, 15) is 0 Å². The molecule has 2 aliphatic rings. The van der Waals surface area contributed by atoms with Gasteiger partial charge in [-0.2, -0.15) is 0 Å². The molecule has 0 spiro atoms. The van der Waals surface area contributed by atoms with Crippen molar-refractivity contribution in [2.45, 2.75) is 19.3 Å². The molecule has 8 heteroatoms. The number of nitrogens with zero attached hydrogens (tertiary/aromatic N) is 6. The molecule has 29 heavy (non-hydrogen) atoms. The molecule has 3 aromatic rings. The molecule has 2 saturated heterocycles. The van der Waals surface area contributed by atoms with Gasteiger partial charge in [0.15, 0.2) is 5.65 Å². The summed E-state index contributed by atoms with van der Waals surface area (Å²) < 4.78 is 5.43. The number of fused-ring (bicyclic) bond motifs is 1. The molecule has 0 saturated carbocycles. The first-order valence-corrected chi connectivity index (χ1v) is 10.2. The minimum absolute atomic E-state index is 0.482. The quantitative estimate of drug-likeness (QED) is 0.728. The van der Waals surface area contributed by atoms with Crippen LogP contribution in [0.2, 0.25) is 0 Å². The zero-order valence-corrected chi connectivity index (χ0v) is 16.4. The van der Waals surface area contributed by atoms with Gasteiger partial charge in [-0.3, -0.25) is 0 Å². The fourth-order valence-corrected chi connectivity index (χ4v) is 4.12. The van der Waals surface area contributed by atoms with Crippen molar-refractivity contribution in [1.29, 1.82) is 0 Å². The summed E-state index contributed by atoms with van der Waals surface area (Å²) in [6.45, 7) is 5.26. The number of anilines is 3. The molecule has 5 heterocycles. The van der Waals surface area contributed by atoms with Crippen molar-refractivity contribution in [2.75, 3.05) is 54.9 Å². The van der Waals surface area contributed by atoms with E-state index < -0.39 is 0 Å². The van der Waals surface area contributed by atoms with Crippen LogP contribution < -0.4 is 15.5 Å². The van der Waals surface area contributed by atoms with E-state index in [4.69, 9.17) is 15.5 Å². The number of nitrogen functional groups attached to an aromatic ring is 1. The van der Waals surface area contributed by atoms with Crippen molar-refractivity contribution in [2.24, 2.45) is 0 Å². The van der Waals surface area contributed by atoms with Crippen LogP contribution in [0.15, 0.2) is 30.7 Å². The van der Waals surface area contributed by atoms with Gasteiger partial charge in [0.05, 0.1) is 30.0 Å². The van der Waals surface area contributed by atoms with Gasteiger partial charge in [0.25, 0.3) is 0 Å². The van der Waals surface area contributed by atoms with E-state index in [1.807, 2.05) is 6.20 Å². The van der Waals surface area contributed by atoms with E-state index in [0.29, 0.717) is 11.5 Å². The lowest BCUT2D eigenvalue weighted by atomic mass is 10.1. The van der Waals surface area contributed by atoms with Gasteiger partial charge in [0.1, 0.15) is 18.0 Å². The van der Waals surface area contributed by atoms with Crippen molar-refractivity contribution in [3.8, 4) is 11.3 Å². The van der Waals surface area contributed by atoms with Crippen LogP contribution in [0.5, 0.6) is 0 Å². The molecule has 0 bridgehead atoms. The van der Waals surface area contributed by atoms with Gasteiger partial charge in [-0.1, -0.05) is 0 Å². The Morgan fingerprint density at radius 3 is 2.48 bits per heavy atom. The van der Waals surface area contributed by atoms with Gasteiger partial charge in [0, 0.05) is 37.9 Å². The van der Waals surface area contributed by atoms with Crippen molar-refractivity contribution < 1.29 is 4.74 Å². The molecule has 0 unspecified atom stereocenters. The number of hydrogen-bond acceptors (Lipinski definition) is 8. The van der Waals surface area contributed by atoms with Crippen LogP contribution in [-0.4, -0.2) is 59.3 Å². The SMILES string of the molecule is Nc1ncnc2nc(-c3ccc(N4CCOCC4)nc3)cc(N3CCCCC3)c12. The number of ether oxygens (including phenoxy) is 1. The Hall–Kier alpha value is -3.00. The van der Waals surface area contributed by atoms with Crippen LogP contribution in [0.4, 0.5) is 17.3 Å². The number of morpholine rings is 1. The standard InChI is InChI=1S/C21H25N7O/c22-20-19-17(27-6-2-1-3-7-27)12-16(26-21(19)25-14-24-20)15-4-5-18(23-13-15)28-8-10-29-11-9-28/h4-5,12-14H,1-3,6-11H2,(H2,22,24,25,26). The second-order valence-corrected chi connectivity index (χ2v) is 7.54. The highest BCUT2D eigenvalue weighted by Gasteiger charge is 2.19. The van der Waals surface area contributed by atoms with Gasteiger partial charge in [-0.05, 0) is 37.5 Å². The molecule has 150 valence electrons. The lowest BCUT2D eigenvalue weighted by Crippen LogP contribution is -2.36. The molecule has 2 fully saturated rings. The minimum Gasteiger partial charge on any atom is -0.383 e. The molecule has 3 aromatic heterocycles. The molecule has 2 aliphatic heterocycles. The van der Waals surface area contributed by atoms with Crippen LogP contribution in [0.3, 0.4) is 0 Å². The van der Waals surface area contributed by atoms with Gasteiger partial charge < -0.3 is 20.3 Å². The average molecular weight is 391 g/mol. The summed E-state index contributed by atoms with van der Waals surface area (Å²) in [6, 6.07) is 6.25. The fourth-order valence-electron chi connectivity index (χ4n) is 4.12. The smallest absolute Gasteiger partial charge is 0.167 e. The molecule has 5 rings (SSSR count). The van der Waals surface area contributed by atoms with E-state index in [0.717, 1.165) is 67.5 Å². The summed E-state index contributed by atoms with van der Waals surface area (Å²) in [7, 11) is 0. The highest BCUT2D eigenvalue weighted by molar-refractivity contribution is 5.99. The molecule has 2 N–H and O–H groups in total. The van der Waals surface area contributed by atoms with E-state index >= 15 is 0 Å². The zero-order chi connectivity index (χ0) is 19.6. The molecule has 0 aromatic carbocycles. The van der Waals surface area contributed by atoms with Gasteiger partial charge in [-0.15, -0.1) is 0 Å². The summed E-state index contributed by atoms with van der Waals surface area (Å²) >= 11 is 0. The zero-order valence-electron chi connectivity index (χ0n) is 16.4. The van der Waals surface area contributed by atoms with E-state index in [2.05, 4.69) is 43.0 Å². The topological polar surface area (TPSA) is 93.3 Å². The summed E-state index contributed by atoms with van der Waals surface area (Å²) in [4.78, 5) is 22.7. The minimum atomic E-state index is 0.482. The highest BCUT2D eigenvalue weighted by Crippen LogP contribution is 2.34. The Labute approximate surface area is 169 Å². The van der Waals surface area contributed by atoms with Crippen molar-refractivity contribution in [3.05, 3.63) is 30.7 Å². The summed E-state index contributed by atoms with van der Waals surface area (Å²) in [5.74, 6) is 1.45. The Bertz CT molecular complexity index is 996. The van der Waals surface area contributed by atoms with Crippen molar-refractivity contribution >= 4 is 28.4 Å². The van der Waals surface area contributed by atoms with Crippen molar-refractivity contribution in [3.63, 3.8) is 0 Å². The Morgan fingerprint density at radius 2 is 1.72 bits per heavy atom. The lowest BCUT2D eigenvalue weighted by Gasteiger charge is -2.30. The second kappa shape index (κ2) is 7.79. The summed E-state index contributed by atoms with van der Waals surface area (Å²) in [5.41, 5.74) is 9.74. The number of nitrogens with two attached hydrogens (primary N) is 1. The molecule has 0 radical (unpaired) electrons. The van der Waals surface area contributed by atoms with E-state index in [-0.39, 0.29) is 0 Å². The third-order valence-electron chi connectivity index (χ3n) is 5.69. The van der Waals surface area contributed by atoms with E-state index in [1.54, 1.807) is 0 Å². The average Bonchev–Trinajstić information content (AvgIpc) is 2.80. The molecule has 0 aliphatic carbocycles. The van der Waals surface area contributed by atoms with Gasteiger partial charge >= 0.3 is 0 Å². The third-order valence-corrected chi connectivity index (χ3v) is 5.69. The van der Waals surface area contributed by atoms with Crippen LogP contribution >= 0.6 is 0 Å². The highest BCUT2D eigenvalue weighted by atomic mass is 16.5. The Kier molecular flexibility index (Phi) is 4.85. The number of aromatic nitrogens is 4. The molecule has 0 amide bonds. The molecular weight excluding hydrogens is 366 g/mol. The van der Waals surface area contributed by atoms with Crippen LogP contribution in [0, 0.1) is 0 Å². The molecule has 0 atom stereocenters. The Morgan fingerprint density at radius 1 is 0.897 bits per heavy atom. The van der Waals surface area contributed by atoms with Gasteiger partial charge in [0.2, 0.25) is 0 Å². The molecule has 8 nitrogen and oxygen atoms in total. The van der Waals surface area contributed by atoms with Crippen LogP contribution in [0.1, 0.15) is 19.3 Å². The first-order chi connectivity index (χ1) is 14.3. The first-order valence-electron chi connectivity index (χ1n) is 10.2. The number of hydrogen-bond donors (Lipinski definition) is 1. The monoisotopic (exact) mass is 391 g/mol. The van der Waals surface area contributed by atoms with Gasteiger partial charge in [-0.25, -0.2) is 19.9 Å².